The lowest BCUT2D eigenvalue weighted by atomic mass is 10.0. The van der Waals surface area contributed by atoms with Gasteiger partial charge in [0, 0.05) is 0 Å². The Morgan fingerprint density at radius 2 is 0.679 bits per heavy atom. The van der Waals surface area contributed by atoms with Gasteiger partial charge in [0.1, 0.15) is 0 Å². The first kappa shape index (κ1) is 27.8. The minimum absolute atomic E-state index is 0.561. The van der Waals surface area contributed by atoms with Crippen molar-refractivity contribution in [2.75, 3.05) is 0 Å². The molecule has 2 nitrogen and oxygen atoms in total. The van der Waals surface area contributed by atoms with Gasteiger partial charge in [-0.1, -0.05) is 117 Å². The second-order valence-corrected chi connectivity index (χ2v) is 9.49. The van der Waals surface area contributed by atoms with Crippen molar-refractivity contribution >= 4 is 32.2 Å². The SMILES string of the molecule is CCCCCCCCCCCCCCCC(=S=O)C(CCCCCCC)=S=O. The molecule has 0 aromatic rings. The minimum Gasteiger partial charge on any atom is -0.212 e. The highest BCUT2D eigenvalue weighted by Gasteiger charge is 2.08. The molecule has 0 saturated heterocycles. The fraction of sp³-hybridized carbons (Fsp3) is 0.917. The van der Waals surface area contributed by atoms with Crippen molar-refractivity contribution in [1.29, 1.82) is 0 Å². The summed E-state index contributed by atoms with van der Waals surface area (Å²) in [5, 5.41) is 0. The average molecular weight is 431 g/mol. The van der Waals surface area contributed by atoms with Crippen molar-refractivity contribution < 1.29 is 8.42 Å². The third kappa shape index (κ3) is 17.8. The largest absolute Gasteiger partial charge is 0.212 e. The predicted molar refractivity (Wildman–Crippen MR) is 130 cm³/mol. The molecule has 0 amide bonds. The third-order valence-electron chi connectivity index (χ3n) is 5.53. The zero-order valence-corrected chi connectivity index (χ0v) is 20.4. The van der Waals surface area contributed by atoms with Crippen LogP contribution in [0.5, 0.6) is 0 Å². The van der Waals surface area contributed by atoms with Crippen LogP contribution in [0.1, 0.15) is 142 Å². The predicted octanol–water partition coefficient (Wildman–Crippen LogP) is 7.60. The first-order valence-corrected chi connectivity index (χ1v) is 13.6. The van der Waals surface area contributed by atoms with Crippen molar-refractivity contribution in [3.63, 3.8) is 0 Å². The molecule has 0 atom stereocenters. The maximum atomic E-state index is 11.4. The maximum Gasteiger partial charge on any atom is 0.0933 e. The van der Waals surface area contributed by atoms with Gasteiger partial charge in [0.25, 0.3) is 0 Å². The number of hydrogen-bond donors (Lipinski definition) is 0. The Morgan fingerprint density at radius 1 is 0.429 bits per heavy atom. The Morgan fingerprint density at radius 3 is 0.929 bits per heavy atom. The van der Waals surface area contributed by atoms with Crippen LogP contribution in [0.3, 0.4) is 0 Å². The topological polar surface area (TPSA) is 34.1 Å². The minimum atomic E-state index is 0.561. The fourth-order valence-corrected chi connectivity index (χ4v) is 4.70. The van der Waals surface area contributed by atoms with Gasteiger partial charge in [-0.2, -0.15) is 0 Å². The van der Waals surface area contributed by atoms with E-state index in [-0.39, 0.29) is 0 Å². The smallest absolute Gasteiger partial charge is 0.0933 e. The van der Waals surface area contributed by atoms with Gasteiger partial charge < -0.3 is 0 Å². The van der Waals surface area contributed by atoms with Gasteiger partial charge >= 0.3 is 0 Å². The van der Waals surface area contributed by atoms with Crippen molar-refractivity contribution in [3.8, 4) is 0 Å². The Labute approximate surface area is 182 Å². The van der Waals surface area contributed by atoms with Crippen LogP contribution in [0.25, 0.3) is 0 Å². The third-order valence-corrected chi connectivity index (χ3v) is 6.96. The second-order valence-electron chi connectivity index (χ2n) is 8.17. The molecule has 0 rings (SSSR count). The van der Waals surface area contributed by atoms with Gasteiger partial charge in [0.05, 0.1) is 32.2 Å². The van der Waals surface area contributed by atoms with Crippen molar-refractivity contribution in [1.82, 2.24) is 0 Å². The summed E-state index contributed by atoms with van der Waals surface area (Å²) in [6.07, 6.45) is 24.9. The molecule has 0 bridgehead atoms. The van der Waals surface area contributed by atoms with Crippen LogP contribution in [-0.4, -0.2) is 18.1 Å². The Kier molecular flexibility index (Phi) is 22.9. The van der Waals surface area contributed by atoms with E-state index < -0.39 is 0 Å². The summed E-state index contributed by atoms with van der Waals surface area (Å²) in [5.74, 6) is 0. The highest BCUT2D eigenvalue weighted by atomic mass is 32.1. The molecule has 0 spiro atoms. The molecule has 0 aliphatic carbocycles. The van der Waals surface area contributed by atoms with Gasteiger partial charge in [-0.3, -0.25) is 0 Å². The molecule has 0 saturated carbocycles. The Hall–Kier alpha value is -0.220. The van der Waals surface area contributed by atoms with E-state index in [1.807, 2.05) is 0 Å². The number of hydrogen-bond acceptors (Lipinski definition) is 2. The van der Waals surface area contributed by atoms with E-state index >= 15 is 0 Å². The molecule has 28 heavy (non-hydrogen) atoms. The van der Waals surface area contributed by atoms with Gasteiger partial charge in [0.2, 0.25) is 0 Å². The normalized spacial score (nSPS) is 10.8. The van der Waals surface area contributed by atoms with E-state index in [2.05, 4.69) is 13.8 Å². The van der Waals surface area contributed by atoms with Crippen molar-refractivity contribution in [3.05, 3.63) is 0 Å². The molecular weight excluding hydrogens is 384 g/mol. The molecule has 0 fully saturated rings. The van der Waals surface area contributed by atoms with Gasteiger partial charge in [-0.25, -0.2) is 8.42 Å². The molecule has 0 aromatic heterocycles. The summed E-state index contributed by atoms with van der Waals surface area (Å²) < 4.78 is 22.8. The van der Waals surface area contributed by atoms with Crippen molar-refractivity contribution in [2.24, 2.45) is 0 Å². The lowest BCUT2D eigenvalue weighted by Gasteiger charge is -2.06. The first-order valence-electron chi connectivity index (χ1n) is 12.1. The monoisotopic (exact) mass is 430 g/mol. The lowest BCUT2D eigenvalue weighted by molar-refractivity contribution is 0.541. The molecule has 0 radical (unpaired) electrons. The van der Waals surface area contributed by atoms with Gasteiger partial charge in [0.15, 0.2) is 0 Å². The van der Waals surface area contributed by atoms with Crippen LogP contribution in [-0.2, 0) is 22.5 Å². The van der Waals surface area contributed by atoms with Crippen LogP contribution >= 0.6 is 0 Å². The first-order chi connectivity index (χ1) is 13.8. The van der Waals surface area contributed by atoms with Crippen LogP contribution in [0.2, 0.25) is 0 Å². The molecule has 4 heteroatoms. The van der Waals surface area contributed by atoms with E-state index in [1.165, 1.54) is 103 Å². The highest BCUT2D eigenvalue weighted by Crippen LogP contribution is 2.13. The Balaban J connectivity index is 3.63. The van der Waals surface area contributed by atoms with Crippen LogP contribution < -0.4 is 0 Å². The molecular formula is C24H46O2S2. The standard InChI is InChI=1S/C24H46O2S2/c1-3-5-7-9-10-11-12-13-14-15-16-18-20-22-24(28-26)23(27-25)21-19-17-8-6-4-2/h3-22H2,1-2H3. The highest BCUT2D eigenvalue weighted by molar-refractivity contribution is 7.76. The van der Waals surface area contributed by atoms with Crippen LogP contribution in [0.4, 0.5) is 0 Å². The molecule has 166 valence electrons. The Bertz CT molecular complexity index is 450. The second kappa shape index (κ2) is 23.1. The molecule has 0 aromatic carbocycles. The van der Waals surface area contributed by atoms with Gasteiger partial charge in [-0.15, -0.1) is 0 Å². The summed E-state index contributed by atoms with van der Waals surface area (Å²) in [6, 6.07) is 0. The maximum absolute atomic E-state index is 11.4. The van der Waals surface area contributed by atoms with Crippen LogP contribution in [0, 0.1) is 0 Å². The number of rotatable bonds is 21. The molecule has 0 aliphatic heterocycles. The van der Waals surface area contributed by atoms with E-state index in [4.69, 9.17) is 0 Å². The molecule has 0 unspecified atom stereocenters. The van der Waals surface area contributed by atoms with Crippen molar-refractivity contribution in [2.45, 2.75) is 142 Å². The fourth-order valence-electron chi connectivity index (χ4n) is 3.65. The quantitative estimate of drug-likeness (QED) is 0.139. The van der Waals surface area contributed by atoms with Crippen LogP contribution in [0.15, 0.2) is 0 Å². The molecule has 0 aliphatic rings. The summed E-state index contributed by atoms with van der Waals surface area (Å²) >= 11 is 1.12. The summed E-state index contributed by atoms with van der Waals surface area (Å²) in [5.41, 5.74) is 0. The lowest BCUT2D eigenvalue weighted by Crippen LogP contribution is -2.14. The molecule has 0 heterocycles. The van der Waals surface area contributed by atoms with E-state index in [0.29, 0.717) is 22.5 Å². The molecule has 0 N–H and O–H groups in total. The summed E-state index contributed by atoms with van der Waals surface area (Å²) in [4.78, 5) is 1.63. The van der Waals surface area contributed by atoms with E-state index in [0.717, 1.165) is 35.4 Å². The number of unbranched alkanes of at least 4 members (excludes halogenated alkanes) is 16. The van der Waals surface area contributed by atoms with Gasteiger partial charge in [-0.05, 0) is 25.7 Å². The zero-order valence-electron chi connectivity index (χ0n) is 18.8. The van der Waals surface area contributed by atoms with E-state index in [9.17, 15) is 8.42 Å². The average Bonchev–Trinajstić information content (AvgIpc) is 2.72. The summed E-state index contributed by atoms with van der Waals surface area (Å²) in [6.45, 7) is 4.48. The van der Waals surface area contributed by atoms with E-state index in [1.54, 1.807) is 0 Å². The summed E-state index contributed by atoms with van der Waals surface area (Å²) in [7, 11) is 0. The zero-order chi connectivity index (χ0) is 20.7.